The highest BCUT2D eigenvalue weighted by Crippen LogP contribution is 2.44. The minimum absolute atomic E-state index is 0.0498. The van der Waals surface area contributed by atoms with E-state index in [2.05, 4.69) is 5.32 Å². The molecule has 8 heteroatoms. The Bertz CT molecular complexity index is 1190. The number of aliphatic carboxylic acids is 1. The number of phenols is 1. The fourth-order valence-corrected chi connectivity index (χ4v) is 4.34. The fraction of sp³-hybridized carbons (Fsp3) is 0.222. The van der Waals surface area contributed by atoms with Gasteiger partial charge in [0.1, 0.15) is 18.4 Å². The van der Waals surface area contributed by atoms with E-state index in [-0.39, 0.29) is 31.1 Å². The molecule has 1 aliphatic rings. The molecule has 8 nitrogen and oxygen atoms in total. The number of carbonyl (C=O) groups is 3. The molecule has 1 unspecified atom stereocenters. The maximum Gasteiger partial charge on any atom is 0.407 e. The quantitative estimate of drug-likeness (QED) is 0.452. The van der Waals surface area contributed by atoms with Gasteiger partial charge in [0.25, 0.3) is 0 Å². The molecule has 0 aliphatic heterocycles. The minimum atomic E-state index is -1.10. The number of phenolic OH excluding ortho intramolecular Hbond substituents is 1. The minimum Gasteiger partial charge on any atom is -0.508 e. The van der Waals surface area contributed by atoms with Gasteiger partial charge in [-0.15, -0.1) is 0 Å². The van der Waals surface area contributed by atoms with Crippen molar-refractivity contribution in [1.29, 1.82) is 0 Å². The second-order valence-electron chi connectivity index (χ2n) is 8.37. The molecule has 0 heterocycles. The lowest BCUT2D eigenvalue weighted by atomic mass is 9.98. The standard InChI is InChI=1S/C27H26N2O6/c1-29(17-10-12-18(30)13-11-17)26(33)24(14-15-25(31)32)28-27(34)35-16-23-21-8-4-2-6-19(21)20-7-3-5-9-22(20)23/h2-13,23-24,30H,14-16H2,1H3,(H,28,34)(H,31,32). The highest BCUT2D eigenvalue weighted by Gasteiger charge is 2.30. The summed E-state index contributed by atoms with van der Waals surface area (Å²) in [7, 11) is 1.52. The summed E-state index contributed by atoms with van der Waals surface area (Å²) >= 11 is 0. The number of amides is 2. The number of nitrogens with one attached hydrogen (secondary N) is 1. The summed E-state index contributed by atoms with van der Waals surface area (Å²) in [6.07, 6.45) is -1.20. The molecule has 1 aliphatic carbocycles. The maximum absolute atomic E-state index is 13.1. The van der Waals surface area contributed by atoms with Crippen LogP contribution in [0, 0.1) is 0 Å². The highest BCUT2D eigenvalue weighted by atomic mass is 16.5. The molecule has 0 saturated carbocycles. The van der Waals surface area contributed by atoms with Gasteiger partial charge >= 0.3 is 12.1 Å². The van der Waals surface area contributed by atoms with E-state index in [0.717, 1.165) is 22.3 Å². The summed E-state index contributed by atoms with van der Waals surface area (Å²) in [4.78, 5) is 38.2. The predicted octanol–water partition coefficient (Wildman–Crippen LogP) is 4.13. The number of benzene rings is 3. The molecule has 3 N–H and O–H groups in total. The van der Waals surface area contributed by atoms with Gasteiger partial charge in [0.2, 0.25) is 5.91 Å². The van der Waals surface area contributed by atoms with Crippen LogP contribution in [0.3, 0.4) is 0 Å². The largest absolute Gasteiger partial charge is 0.508 e. The van der Waals surface area contributed by atoms with Crippen molar-refractivity contribution in [3.63, 3.8) is 0 Å². The van der Waals surface area contributed by atoms with E-state index in [0.29, 0.717) is 5.69 Å². The molecule has 0 spiro atoms. The van der Waals surface area contributed by atoms with Crippen molar-refractivity contribution in [2.75, 3.05) is 18.6 Å². The number of alkyl carbamates (subject to hydrolysis) is 1. The van der Waals surface area contributed by atoms with Gasteiger partial charge in [-0.25, -0.2) is 4.79 Å². The Balaban J connectivity index is 1.45. The number of hydrogen-bond acceptors (Lipinski definition) is 5. The SMILES string of the molecule is CN(C(=O)C(CCC(=O)O)NC(=O)OCC1c2ccccc2-c2ccccc21)c1ccc(O)cc1. The molecule has 0 saturated heterocycles. The van der Waals surface area contributed by atoms with E-state index in [1.54, 1.807) is 12.1 Å². The molecule has 0 radical (unpaired) electrons. The first kappa shape index (κ1) is 23.8. The smallest absolute Gasteiger partial charge is 0.407 e. The fourth-order valence-electron chi connectivity index (χ4n) is 4.34. The van der Waals surface area contributed by atoms with Gasteiger partial charge in [-0.2, -0.15) is 0 Å². The van der Waals surface area contributed by atoms with Crippen molar-refractivity contribution in [3.8, 4) is 16.9 Å². The number of carboxylic acid groups (broad SMARTS) is 1. The van der Waals surface area contributed by atoms with Crippen LogP contribution in [0.15, 0.2) is 72.8 Å². The third kappa shape index (κ3) is 5.27. The molecule has 3 aromatic carbocycles. The number of likely N-dealkylation sites (N-methyl/N-ethyl adjacent to an activating group) is 1. The molecule has 35 heavy (non-hydrogen) atoms. The van der Waals surface area contributed by atoms with E-state index >= 15 is 0 Å². The van der Waals surface area contributed by atoms with Crippen molar-refractivity contribution in [1.82, 2.24) is 5.32 Å². The molecule has 0 fully saturated rings. The van der Waals surface area contributed by atoms with Crippen molar-refractivity contribution < 1.29 is 29.3 Å². The van der Waals surface area contributed by atoms with Crippen LogP contribution in [0.4, 0.5) is 10.5 Å². The molecule has 0 aromatic heterocycles. The first-order valence-electron chi connectivity index (χ1n) is 11.2. The summed E-state index contributed by atoms with van der Waals surface area (Å²) in [5, 5.41) is 21.1. The van der Waals surface area contributed by atoms with Crippen LogP contribution in [0.2, 0.25) is 0 Å². The lowest BCUT2D eigenvalue weighted by Crippen LogP contribution is -2.48. The third-order valence-corrected chi connectivity index (χ3v) is 6.15. The number of nitrogens with zero attached hydrogens (tertiary/aromatic N) is 1. The summed E-state index contributed by atoms with van der Waals surface area (Å²) in [6.45, 7) is 0.0769. The van der Waals surface area contributed by atoms with Crippen LogP contribution in [0.5, 0.6) is 5.75 Å². The van der Waals surface area contributed by atoms with Crippen molar-refractivity contribution in [2.45, 2.75) is 24.8 Å². The number of anilines is 1. The Hall–Kier alpha value is -4.33. The topological polar surface area (TPSA) is 116 Å². The average Bonchev–Trinajstić information content (AvgIpc) is 3.18. The van der Waals surface area contributed by atoms with Gasteiger partial charge in [0.15, 0.2) is 0 Å². The number of hydrogen-bond donors (Lipinski definition) is 3. The summed E-state index contributed by atoms with van der Waals surface area (Å²) in [6, 6.07) is 20.8. The molecule has 3 aromatic rings. The summed E-state index contributed by atoms with van der Waals surface area (Å²) < 4.78 is 5.53. The molecule has 0 bridgehead atoms. The molecular formula is C27H26N2O6. The van der Waals surface area contributed by atoms with Gasteiger partial charge in [0, 0.05) is 25.1 Å². The Kier molecular flexibility index (Phi) is 7.01. The third-order valence-electron chi connectivity index (χ3n) is 6.15. The van der Waals surface area contributed by atoms with Crippen molar-refractivity contribution in [2.24, 2.45) is 0 Å². The van der Waals surface area contributed by atoms with E-state index in [1.807, 2.05) is 48.5 Å². The second kappa shape index (κ2) is 10.3. The molecule has 4 rings (SSSR count). The van der Waals surface area contributed by atoms with Gasteiger partial charge in [-0.3, -0.25) is 9.59 Å². The van der Waals surface area contributed by atoms with Crippen LogP contribution < -0.4 is 10.2 Å². The van der Waals surface area contributed by atoms with Crippen LogP contribution in [-0.2, 0) is 14.3 Å². The zero-order valence-corrected chi connectivity index (χ0v) is 19.2. The van der Waals surface area contributed by atoms with E-state index in [9.17, 15) is 19.5 Å². The second-order valence-corrected chi connectivity index (χ2v) is 8.37. The van der Waals surface area contributed by atoms with Crippen molar-refractivity contribution in [3.05, 3.63) is 83.9 Å². The first-order valence-corrected chi connectivity index (χ1v) is 11.2. The zero-order valence-electron chi connectivity index (χ0n) is 19.2. The Morgan fingerprint density at radius 2 is 1.51 bits per heavy atom. The lowest BCUT2D eigenvalue weighted by molar-refractivity contribution is -0.137. The van der Waals surface area contributed by atoms with Gasteiger partial charge in [-0.05, 0) is 52.9 Å². The lowest BCUT2D eigenvalue weighted by Gasteiger charge is -2.24. The Labute approximate surface area is 202 Å². The number of carbonyl (C=O) groups excluding carboxylic acids is 2. The van der Waals surface area contributed by atoms with E-state index < -0.39 is 24.0 Å². The molecule has 1 atom stereocenters. The highest BCUT2D eigenvalue weighted by molar-refractivity contribution is 5.98. The van der Waals surface area contributed by atoms with Crippen LogP contribution in [-0.4, -0.2) is 47.9 Å². The normalized spacial score (nSPS) is 12.8. The number of carboxylic acids is 1. The van der Waals surface area contributed by atoms with Crippen LogP contribution in [0.1, 0.15) is 29.9 Å². The zero-order chi connectivity index (χ0) is 24.9. The summed E-state index contributed by atoms with van der Waals surface area (Å²) in [5.41, 5.74) is 4.81. The Morgan fingerprint density at radius 1 is 0.943 bits per heavy atom. The first-order chi connectivity index (χ1) is 16.8. The van der Waals surface area contributed by atoms with Gasteiger partial charge in [-0.1, -0.05) is 48.5 Å². The van der Waals surface area contributed by atoms with Crippen LogP contribution >= 0.6 is 0 Å². The number of fused-ring (bicyclic) bond motifs is 3. The van der Waals surface area contributed by atoms with E-state index in [1.165, 1.54) is 24.1 Å². The number of rotatable bonds is 8. The summed E-state index contributed by atoms with van der Waals surface area (Å²) in [5.74, 6) is -1.66. The van der Waals surface area contributed by atoms with Gasteiger partial charge < -0.3 is 25.2 Å². The number of ether oxygens (including phenoxy) is 1. The molecular weight excluding hydrogens is 448 g/mol. The molecule has 180 valence electrons. The predicted molar refractivity (Wildman–Crippen MR) is 130 cm³/mol. The Morgan fingerprint density at radius 3 is 2.09 bits per heavy atom. The average molecular weight is 475 g/mol. The van der Waals surface area contributed by atoms with Crippen LogP contribution in [0.25, 0.3) is 11.1 Å². The number of aromatic hydroxyl groups is 1. The maximum atomic E-state index is 13.1. The van der Waals surface area contributed by atoms with E-state index in [4.69, 9.17) is 9.84 Å². The monoisotopic (exact) mass is 474 g/mol. The molecule has 2 amide bonds. The van der Waals surface area contributed by atoms with Crippen molar-refractivity contribution >= 4 is 23.7 Å². The van der Waals surface area contributed by atoms with Gasteiger partial charge in [0.05, 0.1) is 0 Å².